The van der Waals surface area contributed by atoms with Crippen LogP contribution in [0.1, 0.15) is 0 Å². The van der Waals surface area contributed by atoms with Crippen LogP contribution in [-0.4, -0.2) is 55.6 Å². The number of para-hydroxylation sites is 1. The molecule has 128 valence electrons. The molecule has 1 saturated heterocycles. The number of ether oxygens (including phenoxy) is 2. The third kappa shape index (κ3) is 5.23. The maximum Gasteiger partial charge on any atom is 0.119 e. The Hall–Kier alpha value is -2.08. The van der Waals surface area contributed by atoms with E-state index < -0.39 is 6.10 Å². The molecule has 5 heteroatoms. The highest BCUT2D eigenvalue weighted by atomic mass is 16.5. The molecule has 1 unspecified atom stereocenters. The van der Waals surface area contributed by atoms with Gasteiger partial charge >= 0.3 is 0 Å². The normalized spacial score (nSPS) is 16.5. The van der Waals surface area contributed by atoms with E-state index in [1.54, 1.807) is 0 Å². The summed E-state index contributed by atoms with van der Waals surface area (Å²) in [5.74, 6) is 0.759. The van der Waals surface area contributed by atoms with Crippen LogP contribution in [0.5, 0.6) is 5.75 Å². The lowest BCUT2D eigenvalue weighted by atomic mass is 10.2. The van der Waals surface area contributed by atoms with Crippen molar-refractivity contribution < 1.29 is 14.6 Å². The summed E-state index contributed by atoms with van der Waals surface area (Å²) in [6, 6.07) is 17.8. The SMILES string of the molecule is OC(COc1ccc(Nc2ccccc2)cc1)CN1CCOCC1. The number of benzene rings is 2. The number of hydrogen-bond donors (Lipinski definition) is 2. The average Bonchev–Trinajstić information content (AvgIpc) is 2.63. The Morgan fingerprint density at radius 2 is 1.67 bits per heavy atom. The maximum absolute atomic E-state index is 10.1. The highest BCUT2D eigenvalue weighted by molar-refractivity contribution is 5.59. The Morgan fingerprint density at radius 1 is 1.00 bits per heavy atom. The molecular formula is C19H24N2O3. The fourth-order valence-electron chi connectivity index (χ4n) is 2.65. The molecule has 1 aliphatic rings. The summed E-state index contributed by atoms with van der Waals surface area (Å²) in [6.45, 7) is 4.14. The van der Waals surface area contributed by atoms with Gasteiger partial charge in [-0.15, -0.1) is 0 Å². The van der Waals surface area contributed by atoms with Gasteiger partial charge < -0.3 is 19.9 Å². The van der Waals surface area contributed by atoms with Gasteiger partial charge in [0.15, 0.2) is 0 Å². The molecule has 3 rings (SSSR count). The molecule has 1 aliphatic heterocycles. The van der Waals surface area contributed by atoms with E-state index in [1.807, 2.05) is 54.6 Å². The minimum atomic E-state index is -0.495. The van der Waals surface area contributed by atoms with Crippen molar-refractivity contribution in [1.29, 1.82) is 0 Å². The summed E-state index contributed by atoms with van der Waals surface area (Å²) in [7, 11) is 0. The largest absolute Gasteiger partial charge is 0.491 e. The molecule has 0 aliphatic carbocycles. The van der Waals surface area contributed by atoms with Crippen LogP contribution in [0.25, 0.3) is 0 Å². The third-order valence-electron chi connectivity index (χ3n) is 3.93. The first kappa shape index (κ1) is 16.8. The number of aliphatic hydroxyl groups excluding tert-OH is 1. The first-order chi connectivity index (χ1) is 11.8. The Balaban J connectivity index is 1.44. The molecule has 24 heavy (non-hydrogen) atoms. The van der Waals surface area contributed by atoms with E-state index in [4.69, 9.17) is 9.47 Å². The van der Waals surface area contributed by atoms with Crippen molar-refractivity contribution in [1.82, 2.24) is 4.90 Å². The molecule has 1 heterocycles. The van der Waals surface area contributed by atoms with Crippen molar-refractivity contribution in [3.05, 3.63) is 54.6 Å². The van der Waals surface area contributed by atoms with Crippen molar-refractivity contribution in [3.8, 4) is 5.75 Å². The molecular weight excluding hydrogens is 304 g/mol. The van der Waals surface area contributed by atoms with Gasteiger partial charge in [0, 0.05) is 31.0 Å². The monoisotopic (exact) mass is 328 g/mol. The summed E-state index contributed by atoms with van der Waals surface area (Å²) < 4.78 is 11.0. The van der Waals surface area contributed by atoms with Crippen molar-refractivity contribution in [2.24, 2.45) is 0 Å². The van der Waals surface area contributed by atoms with Gasteiger partial charge in [0.05, 0.1) is 13.2 Å². The van der Waals surface area contributed by atoms with E-state index in [0.717, 1.165) is 43.4 Å². The highest BCUT2D eigenvalue weighted by Gasteiger charge is 2.15. The molecule has 0 bridgehead atoms. The zero-order chi connectivity index (χ0) is 16.6. The summed E-state index contributed by atoms with van der Waals surface area (Å²) in [5, 5.41) is 13.4. The molecule has 2 aromatic carbocycles. The molecule has 5 nitrogen and oxygen atoms in total. The van der Waals surface area contributed by atoms with Crippen LogP contribution >= 0.6 is 0 Å². The lowest BCUT2D eigenvalue weighted by molar-refractivity contribution is 0.00466. The van der Waals surface area contributed by atoms with Gasteiger partial charge in [-0.3, -0.25) is 4.90 Å². The lowest BCUT2D eigenvalue weighted by Gasteiger charge is -2.28. The third-order valence-corrected chi connectivity index (χ3v) is 3.93. The van der Waals surface area contributed by atoms with E-state index >= 15 is 0 Å². The Labute approximate surface area is 142 Å². The number of nitrogens with zero attached hydrogens (tertiary/aromatic N) is 1. The van der Waals surface area contributed by atoms with Crippen molar-refractivity contribution in [2.75, 3.05) is 44.8 Å². The van der Waals surface area contributed by atoms with Gasteiger partial charge in [-0.2, -0.15) is 0 Å². The molecule has 1 fully saturated rings. The van der Waals surface area contributed by atoms with Gasteiger partial charge in [0.1, 0.15) is 18.5 Å². The molecule has 0 radical (unpaired) electrons. The van der Waals surface area contributed by atoms with Crippen LogP contribution in [0.15, 0.2) is 54.6 Å². The fourth-order valence-corrected chi connectivity index (χ4v) is 2.65. The second kappa shape index (κ2) is 8.68. The van der Waals surface area contributed by atoms with Crippen LogP contribution in [0.4, 0.5) is 11.4 Å². The quantitative estimate of drug-likeness (QED) is 0.818. The van der Waals surface area contributed by atoms with Crippen molar-refractivity contribution >= 4 is 11.4 Å². The number of morpholine rings is 1. The molecule has 2 N–H and O–H groups in total. The van der Waals surface area contributed by atoms with Crippen LogP contribution < -0.4 is 10.1 Å². The van der Waals surface area contributed by atoms with Crippen LogP contribution in [0.3, 0.4) is 0 Å². The Kier molecular flexibility index (Phi) is 6.07. The molecule has 0 spiro atoms. The predicted molar refractivity (Wildman–Crippen MR) is 94.9 cm³/mol. The summed E-state index contributed by atoms with van der Waals surface area (Å²) in [6.07, 6.45) is -0.495. The van der Waals surface area contributed by atoms with E-state index in [1.165, 1.54) is 0 Å². The van der Waals surface area contributed by atoms with Gasteiger partial charge in [-0.1, -0.05) is 18.2 Å². The fraction of sp³-hybridized carbons (Fsp3) is 0.368. The molecule has 1 atom stereocenters. The second-order valence-corrected chi connectivity index (χ2v) is 5.89. The van der Waals surface area contributed by atoms with E-state index in [2.05, 4.69) is 10.2 Å². The number of nitrogens with one attached hydrogen (secondary N) is 1. The minimum Gasteiger partial charge on any atom is -0.491 e. The van der Waals surface area contributed by atoms with E-state index in [9.17, 15) is 5.11 Å². The van der Waals surface area contributed by atoms with Crippen molar-refractivity contribution in [2.45, 2.75) is 6.10 Å². The Bertz CT molecular complexity index is 598. The van der Waals surface area contributed by atoms with Crippen LogP contribution in [0, 0.1) is 0 Å². The summed E-state index contributed by atoms with van der Waals surface area (Å²) in [4.78, 5) is 2.20. The first-order valence-corrected chi connectivity index (χ1v) is 8.33. The van der Waals surface area contributed by atoms with Crippen LogP contribution in [0.2, 0.25) is 0 Å². The maximum atomic E-state index is 10.1. The molecule has 0 saturated carbocycles. The smallest absolute Gasteiger partial charge is 0.119 e. The number of rotatable bonds is 7. The number of hydrogen-bond acceptors (Lipinski definition) is 5. The molecule has 2 aromatic rings. The summed E-state index contributed by atoms with van der Waals surface area (Å²) in [5.41, 5.74) is 2.05. The van der Waals surface area contributed by atoms with E-state index in [0.29, 0.717) is 13.2 Å². The zero-order valence-electron chi connectivity index (χ0n) is 13.7. The molecule has 0 aromatic heterocycles. The average molecular weight is 328 g/mol. The van der Waals surface area contributed by atoms with E-state index in [-0.39, 0.29) is 0 Å². The van der Waals surface area contributed by atoms with Gasteiger partial charge in [-0.05, 0) is 36.4 Å². The highest BCUT2D eigenvalue weighted by Crippen LogP contribution is 2.20. The van der Waals surface area contributed by atoms with Gasteiger partial charge in [0.25, 0.3) is 0 Å². The second-order valence-electron chi connectivity index (χ2n) is 5.89. The topological polar surface area (TPSA) is 54.0 Å². The predicted octanol–water partition coefficient (Wildman–Crippen LogP) is 2.50. The molecule has 0 amide bonds. The van der Waals surface area contributed by atoms with Crippen LogP contribution in [-0.2, 0) is 4.74 Å². The summed E-state index contributed by atoms with van der Waals surface area (Å²) >= 11 is 0. The Morgan fingerprint density at radius 3 is 2.38 bits per heavy atom. The zero-order valence-corrected chi connectivity index (χ0v) is 13.7. The van der Waals surface area contributed by atoms with Gasteiger partial charge in [0.2, 0.25) is 0 Å². The number of β-amino-alcohol motifs (C(OH)–C–C–N with tert-alkyl or cyclic N) is 1. The minimum absolute atomic E-state index is 0.294. The lowest BCUT2D eigenvalue weighted by Crippen LogP contribution is -2.42. The number of aliphatic hydroxyl groups is 1. The first-order valence-electron chi connectivity index (χ1n) is 8.33. The van der Waals surface area contributed by atoms with Gasteiger partial charge in [-0.25, -0.2) is 0 Å². The number of anilines is 2. The van der Waals surface area contributed by atoms with Crippen molar-refractivity contribution in [3.63, 3.8) is 0 Å². The standard InChI is InChI=1S/C19H24N2O3/c22-18(14-21-10-12-23-13-11-21)15-24-19-8-6-17(7-9-19)20-16-4-2-1-3-5-16/h1-9,18,20,22H,10-15H2.